The van der Waals surface area contributed by atoms with Crippen LogP contribution in [0.25, 0.3) is 5.76 Å². The van der Waals surface area contributed by atoms with Gasteiger partial charge in [0.2, 0.25) is 0 Å². The van der Waals surface area contributed by atoms with E-state index in [4.69, 9.17) is 9.47 Å². The number of sulfonamides is 1. The fourth-order valence-corrected chi connectivity index (χ4v) is 4.37. The van der Waals surface area contributed by atoms with Gasteiger partial charge in [-0.3, -0.25) is 4.31 Å². The van der Waals surface area contributed by atoms with Crippen LogP contribution in [0.4, 0.5) is 0 Å². The summed E-state index contributed by atoms with van der Waals surface area (Å²) >= 11 is 0. The number of hydrogen-bond donors (Lipinski definition) is 0. The second-order valence-corrected chi connectivity index (χ2v) is 7.27. The van der Waals surface area contributed by atoms with E-state index >= 15 is 0 Å². The van der Waals surface area contributed by atoms with E-state index in [1.54, 1.807) is 31.2 Å². The third-order valence-corrected chi connectivity index (χ3v) is 5.83. The summed E-state index contributed by atoms with van der Waals surface area (Å²) in [5.74, 6) is -1.94. The molecule has 0 saturated carbocycles. The van der Waals surface area contributed by atoms with Gasteiger partial charge in [-0.15, -0.1) is 0 Å². The number of rotatable bonds is 4. The van der Waals surface area contributed by atoms with Crippen molar-refractivity contribution >= 4 is 27.7 Å². The molecule has 0 N–H and O–H groups in total. The number of carbonyl (C=O) groups excluding carboxylic acids is 2. The highest BCUT2D eigenvalue weighted by Crippen LogP contribution is 2.38. The number of methoxy groups -OCH3 is 1. The first-order chi connectivity index (χ1) is 12.9. The Kier molecular flexibility index (Phi) is 4.95. The van der Waals surface area contributed by atoms with Crippen molar-refractivity contribution in [2.45, 2.75) is 11.8 Å². The molecule has 2 aromatic rings. The molecule has 0 bridgehead atoms. The first-order valence-corrected chi connectivity index (χ1v) is 9.43. The van der Waals surface area contributed by atoms with E-state index in [9.17, 15) is 18.0 Å². The van der Waals surface area contributed by atoms with E-state index in [2.05, 4.69) is 4.98 Å². The summed E-state index contributed by atoms with van der Waals surface area (Å²) < 4.78 is 36.8. The molecular formula is C18H16N2O6S. The summed E-state index contributed by atoms with van der Waals surface area (Å²) in [5.41, 5.74) is -0.238. The van der Waals surface area contributed by atoms with E-state index in [1.165, 1.54) is 24.4 Å². The standard InChI is InChI=1S/C18H16N2O6S/c1-3-20-15(18(22)25-2)16(26-17(21)13-9-6-7-11-19-13)12-8-4-5-10-14(12)27(20,23)24/h4-11H,3H2,1-2H3. The van der Waals surface area contributed by atoms with Crippen molar-refractivity contribution < 1.29 is 27.5 Å². The van der Waals surface area contributed by atoms with Gasteiger partial charge in [-0.05, 0) is 31.2 Å². The Morgan fingerprint density at radius 1 is 1.07 bits per heavy atom. The van der Waals surface area contributed by atoms with Gasteiger partial charge in [0.15, 0.2) is 11.5 Å². The molecule has 140 valence electrons. The number of benzene rings is 1. The summed E-state index contributed by atoms with van der Waals surface area (Å²) in [6.07, 6.45) is 1.42. The van der Waals surface area contributed by atoms with Gasteiger partial charge >= 0.3 is 11.9 Å². The lowest BCUT2D eigenvalue weighted by Gasteiger charge is -2.31. The van der Waals surface area contributed by atoms with Gasteiger partial charge in [-0.1, -0.05) is 18.2 Å². The molecule has 3 rings (SSSR count). The highest BCUT2D eigenvalue weighted by Gasteiger charge is 2.41. The smallest absolute Gasteiger partial charge is 0.362 e. The molecule has 0 saturated heterocycles. The van der Waals surface area contributed by atoms with Gasteiger partial charge in [0.25, 0.3) is 10.0 Å². The van der Waals surface area contributed by atoms with Gasteiger partial charge in [0, 0.05) is 18.3 Å². The average molecular weight is 388 g/mol. The number of pyridine rings is 1. The van der Waals surface area contributed by atoms with Crippen LogP contribution >= 0.6 is 0 Å². The average Bonchev–Trinajstić information content (AvgIpc) is 2.69. The van der Waals surface area contributed by atoms with Gasteiger partial charge < -0.3 is 9.47 Å². The zero-order valence-electron chi connectivity index (χ0n) is 14.6. The maximum atomic E-state index is 12.9. The first kappa shape index (κ1) is 18.6. The van der Waals surface area contributed by atoms with Crippen molar-refractivity contribution in [1.29, 1.82) is 0 Å². The summed E-state index contributed by atoms with van der Waals surface area (Å²) in [7, 11) is -2.88. The molecule has 0 fully saturated rings. The van der Waals surface area contributed by atoms with Crippen molar-refractivity contribution in [1.82, 2.24) is 9.29 Å². The summed E-state index contributed by atoms with van der Waals surface area (Å²) in [5, 5.41) is 0. The van der Waals surface area contributed by atoms with Crippen molar-refractivity contribution in [2.75, 3.05) is 13.7 Å². The highest BCUT2D eigenvalue weighted by molar-refractivity contribution is 7.89. The summed E-state index contributed by atoms with van der Waals surface area (Å²) in [6.45, 7) is 1.51. The second-order valence-electron chi connectivity index (χ2n) is 5.44. The van der Waals surface area contributed by atoms with Crippen LogP contribution in [0.1, 0.15) is 23.0 Å². The molecule has 9 heteroatoms. The van der Waals surface area contributed by atoms with Crippen molar-refractivity contribution in [2.24, 2.45) is 0 Å². The number of aromatic nitrogens is 1. The van der Waals surface area contributed by atoms with Crippen molar-refractivity contribution in [3.63, 3.8) is 0 Å². The third kappa shape index (κ3) is 3.17. The van der Waals surface area contributed by atoms with E-state index in [1.807, 2.05) is 0 Å². The summed E-state index contributed by atoms with van der Waals surface area (Å²) in [4.78, 5) is 28.7. The zero-order valence-corrected chi connectivity index (χ0v) is 15.4. The Morgan fingerprint density at radius 2 is 1.78 bits per heavy atom. The van der Waals surface area contributed by atoms with Crippen LogP contribution in [-0.2, 0) is 24.3 Å². The van der Waals surface area contributed by atoms with E-state index in [-0.39, 0.29) is 34.2 Å². The Morgan fingerprint density at radius 3 is 2.41 bits per heavy atom. The fraction of sp³-hybridized carbons (Fsp3) is 0.167. The third-order valence-electron chi connectivity index (χ3n) is 3.90. The first-order valence-electron chi connectivity index (χ1n) is 7.99. The van der Waals surface area contributed by atoms with Crippen molar-refractivity contribution in [3.05, 3.63) is 65.6 Å². The maximum Gasteiger partial charge on any atom is 0.362 e. The number of nitrogens with zero attached hydrogens (tertiary/aromatic N) is 2. The number of fused-ring (bicyclic) bond motifs is 1. The van der Waals surface area contributed by atoms with Crippen molar-refractivity contribution in [3.8, 4) is 0 Å². The predicted molar refractivity (Wildman–Crippen MR) is 94.6 cm³/mol. The highest BCUT2D eigenvalue weighted by atomic mass is 32.2. The van der Waals surface area contributed by atoms with E-state index < -0.39 is 22.0 Å². The molecule has 1 aliphatic heterocycles. The zero-order chi connectivity index (χ0) is 19.6. The lowest BCUT2D eigenvalue weighted by Crippen LogP contribution is -2.39. The molecule has 0 atom stereocenters. The second kappa shape index (κ2) is 7.20. The van der Waals surface area contributed by atoms with Gasteiger partial charge in [0.05, 0.1) is 12.0 Å². The molecule has 1 aromatic carbocycles. The van der Waals surface area contributed by atoms with Crippen LogP contribution in [0.5, 0.6) is 0 Å². The SMILES string of the molecule is CCN1C(C(=O)OC)=C(OC(=O)c2ccccn2)c2ccccc2S1(=O)=O. The topological polar surface area (TPSA) is 103 Å². The molecule has 1 aliphatic rings. The molecule has 0 spiro atoms. The minimum atomic E-state index is -4.00. The van der Waals surface area contributed by atoms with Crippen LogP contribution < -0.4 is 0 Å². The maximum absolute atomic E-state index is 12.9. The van der Waals surface area contributed by atoms with E-state index in [0.29, 0.717) is 0 Å². The van der Waals surface area contributed by atoms with Crippen LogP contribution in [0.2, 0.25) is 0 Å². The minimum Gasteiger partial charge on any atom is -0.464 e. The molecule has 0 unspecified atom stereocenters. The monoisotopic (exact) mass is 388 g/mol. The minimum absolute atomic E-state index is 0.0168. The quantitative estimate of drug-likeness (QED) is 0.736. The Hall–Kier alpha value is -3.20. The van der Waals surface area contributed by atoms with Crippen LogP contribution in [-0.4, -0.2) is 43.3 Å². The normalized spacial score (nSPS) is 15.1. The van der Waals surface area contributed by atoms with Gasteiger partial charge in [-0.2, -0.15) is 0 Å². The molecule has 0 amide bonds. The lowest BCUT2D eigenvalue weighted by atomic mass is 10.1. The number of ether oxygens (including phenoxy) is 2. The molecule has 0 radical (unpaired) electrons. The lowest BCUT2D eigenvalue weighted by molar-refractivity contribution is -0.137. The molecule has 0 aliphatic carbocycles. The summed E-state index contributed by atoms with van der Waals surface area (Å²) in [6, 6.07) is 10.7. The number of esters is 2. The largest absolute Gasteiger partial charge is 0.464 e. The number of likely N-dealkylation sites (N-methyl/N-ethyl adjacent to an activating group) is 1. The molecule has 1 aromatic heterocycles. The number of hydrogen-bond acceptors (Lipinski definition) is 7. The molecule has 27 heavy (non-hydrogen) atoms. The van der Waals surface area contributed by atoms with Gasteiger partial charge in [-0.25, -0.2) is 23.0 Å². The Balaban J connectivity index is 2.23. The van der Waals surface area contributed by atoms with Crippen LogP contribution in [0, 0.1) is 0 Å². The molecule has 2 heterocycles. The molecular weight excluding hydrogens is 372 g/mol. The number of carbonyl (C=O) groups is 2. The van der Waals surface area contributed by atoms with Gasteiger partial charge in [0.1, 0.15) is 5.69 Å². The van der Waals surface area contributed by atoms with Crippen LogP contribution in [0.15, 0.2) is 59.3 Å². The predicted octanol–water partition coefficient (Wildman–Crippen LogP) is 1.80. The Labute approximate surface area is 156 Å². The molecule has 8 nitrogen and oxygen atoms in total. The van der Waals surface area contributed by atoms with Crippen LogP contribution in [0.3, 0.4) is 0 Å². The van der Waals surface area contributed by atoms with E-state index in [0.717, 1.165) is 11.4 Å². The Bertz CT molecular complexity index is 1030. The fourth-order valence-electron chi connectivity index (χ4n) is 2.71.